The van der Waals surface area contributed by atoms with Crippen LogP contribution in [0.3, 0.4) is 0 Å². The zero-order valence-corrected chi connectivity index (χ0v) is 18.7. The molecule has 5 nitrogen and oxygen atoms in total. The first-order chi connectivity index (χ1) is 15.0. The Hall–Kier alpha value is -2.85. The number of alkyl halides is 3. The van der Waals surface area contributed by atoms with Crippen molar-refractivity contribution in [3.63, 3.8) is 0 Å². The van der Waals surface area contributed by atoms with E-state index in [2.05, 4.69) is 5.32 Å². The summed E-state index contributed by atoms with van der Waals surface area (Å²) in [7, 11) is 0. The van der Waals surface area contributed by atoms with Crippen LogP contribution in [0.5, 0.6) is 5.75 Å². The number of benzene rings is 2. The zero-order valence-electron chi connectivity index (χ0n) is 17.1. The van der Waals surface area contributed by atoms with Gasteiger partial charge in [0.15, 0.2) is 6.61 Å². The van der Waals surface area contributed by atoms with E-state index in [0.717, 1.165) is 17.7 Å². The second-order valence-corrected chi connectivity index (χ2v) is 8.81. The minimum Gasteiger partial charge on any atom is -0.484 e. The Morgan fingerprint density at radius 3 is 2.50 bits per heavy atom. The lowest BCUT2D eigenvalue weighted by molar-refractivity contribution is -0.137. The molecule has 0 radical (unpaired) electrons. The van der Waals surface area contributed by atoms with Gasteiger partial charge >= 0.3 is 6.18 Å². The van der Waals surface area contributed by atoms with Gasteiger partial charge in [-0.15, -0.1) is 0 Å². The summed E-state index contributed by atoms with van der Waals surface area (Å²) in [6.07, 6.45) is -2.76. The first kappa shape index (κ1) is 23.8. The molecule has 0 aliphatic carbocycles. The molecule has 1 heterocycles. The van der Waals surface area contributed by atoms with E-state index in [-0.39, 0.29) is 24.2 Å². The minimum absolute atomic E-state index is 0.0220. The second kappa shape index (κ2) is 9.74. The van der Waals surface area contributed by atoms with E-state index in [0.29, 0.717) is 15.0 Å². The molecule has 3 rings (SSSR count). The fourth-order valence-electron chi connectivity index (χ4n) is 2.86. The highest BCUT2D eigenvalue weighted by atomic mass is 32.2. The van der Waals surface area contributed by atoms with Gasteiger partial charge in [0.1, 0.15) is 10.1 Å². The molecule has 1 fully saturated rings. The maximum atomic E-state index is 12.8. The van der Waals surface area contributed by atoms with Gasteiger partial charge in [-0.2, -0.15) is 13.2 Å². The number of anilines is 1. The highest BCUT2D eigenvalue weighted by Crippen LogP contribution is 2.34. The SMILES string of the molecule is CC(C)N1C(=O)/C(=C/c2ccc(OCC(=O)Nc3cccc(C(F)(F)F)c3)cc2)SC1=S. The number of carbonyl (C=O) groups is 2. The van der Waals surface area contributed by atoms with Gasteiger partial charge in [-0.1, -0.05) is 42.2 Å². The molecule has 2 amide bonds. The van der Waals surface area contributed by atoms with Crippen LogP contribution < -0.4 is 10.1 Å². The summed E-state index contributed by atoms with van der Waals surface area (Å²) in [5.41, 5.74) is -0.0605. The number of nitrogens with zero attached hydrogens (tertiary/aromatic N) is 1. The van der Waals surface area contributed by atoms with Gasteiger partial charge in [0.05, 0.1) is 10.5 Å². The number of thiocarbonyl (C=S) groups is 1. The Morgan fingerprint density at radius 1 is 1.22 bits per heavy atom. The van der Waals surface area contributed by atoms with Crippen molar-refractivity contribution in [1.82, 2.24) is 4.90 Å². The van der Waals surface area contributed by atoms with Gasteiger partial charge < -0.3 is 10.1 Å². The summed E-state index contributed by atoms with van der Waals surface area (Å²) in [4.78, 5) is 26.5. The lowest BCUT2D eigenvalue weighted by atomic mass is 10.2. The van der Waals surface area contributed by atoms with E-state index in [9.17, 15) is 22.8 Å². The van der Waals surface area contributed by atoms with Crippen molar-refractivity contribution in [3.8, 4) is 5.75 Å². The third-order valence-corrected chi connectivity index (χ3v) is 5.69. The van der Waals surface area contributed by atoms with Crippen LogP contribution in [0.15, 0.2) is 53.4 Å². The predicted octanol–water partition coefficient (Wildman–Crippen LogP) is 5.33. The number of carbonyl (C=O) groups excluding carboxylic acids is 2. The molecule has 1 aliphatic rings. The monoisotopic (exact) mass is 480 g/mol. The number of halogens is 3. The van der Waals surface area contributed by atoms with Crippen molar-refractivity contribution in [2.45, 2.75) is 26.1 Å². The van der Waals surface area contributed by atoms with Crippen LogP contribution in [0.1, 0.15) is 25.0 Å². The van der Waals surface area contributed by atoms with Crippen LogP contribution in [0, 0.1) is 0 Å². The van der Waals surface area contributed by atoms with Crippen molar-refractivity contribution in [1.29, 1.82) is 0 Å². The molecule has 0 unspecified atom stereocenters. The zero-order chi connectivity index (χ0) is 23.5. The van der Waals surface area contributed by atoms with Crippen LogP contribution in [0.4, 0.5) is 18.9 Å². The molecule has 1 aliphatic heterocycles. The number of hydrogen-bond acceptors (Lipinski definition) is 5. The molecule has 0 spiro atoms. The van der Waals surface area contributed by atoms with E-state index in [1.165, 1.54) is 23.9 Å². The molecule has 10 heteroatoms. The Kier molecular flexibility index (Phi) is 7.25. The fraction of sp³-hybridized carbons (Fsp3) is 0.227. The maximum Gasteiger partial charge on any atom is 0.416 e. The molecule has 2 aromatic rings. The number of nitrogens with one attached hydrogen (secondary N) is 1. The number of hydrogen-bond donors (Lipinski definition) is 1. The molecule has 0 atom stereocenters. The molecular formula is C22H19F3N2O3S2. The first-order valence-corrected chi connectivity index (χ1v) is 10.7. The van der Waals surface area contributed by atoms with Crippen molar-refractivity contribution >= 4 is 51.9 Å². The van der Waals surface area contributed by atoms with Gasteiger partial charge in [-0.05, 0) is 55.8 Å². The molecule has 1 N–H and O–H groups in total. The standard InChI is InChI=1S/C22H19F3N2O3S2/c1-13(2)27-20(29)18(32-21(27)31)10-14-6-8-17(9-7-14)30-12-19(28)26-16-5-3-4-15(11-16)22(23,24)25/h3-11,13H,12H2,1-2H3,(H,26,28)/b18-10-. The smallest absolute Gasteiger partial charge is 0.416 e. The van der Waals surface area contributed by atoms with E-state index >= 15 is 0 Å². The Balaban J connectivity index is 1.57. The summed E-state index contributed by atoms with van der Waals surface area (Å²) in [6, 6.07) is 11.1. The third-order valence-electron chi connectivity index (χ3n) is 4.36. The molecule has 0 bridgehead atoms. The summed E-state index contributed by atoms with van der Waals surface area (Å²) in [6.45, 7) is 3.41. The van der Waals surface area contributed by atoms with E-state index in [1.54, 1.807) is 35.2 Å². The summed E-state index contributed by atoms with van der Waals surface area (Å²) in [5, 5.41) is 2.38. The van der Waals surface area contributed by atoms with Crippen LogP contribution in [0.2, 0.25) is 0 Å². The maximum absolute atomic E-state index is 12.8. The summed E-state index contributed by atoms with van der Waals surface area (Å²) >= 11 is 6.49. The lowest BCUT2D eigenvalue weighted by Gasteiger charge is -2.18. The molecule has 0 saturated carbocycles. The predicted molar refractivity (Wildman–Crippen MR) is 122 cm³/mol. The number of ether oxygens (including phenoxy) is 1. The molecule has 168 valence electrons. The summed E-state index contributed by atoms with van der Waals surface area (Å²) in [5.74, 6) is -0.330. The largest absolute Gasteiger partial charge is 0.484 e. The average Bonchev–Trinajstić information content (AvgIpc) is 3.00. The van der Waals surface area contributed by atoms with E-state index < -0.39 is 17.6 Å². The molecular weight excluding hydrogens is 461 g/mol. The Bertz CT molecular complexity index is 1070. The van der Waals surface area contributed by atoms with Gasteiger partial charge in [0.25, 0.3) is 11.8 Å². The number of thioether (sulfide) groups is 1. The van der Waals surface area contributed by atoms with Crippen LogP contribution in [-0.4, -0.2) is 33.7 Å². The van der Waals surface area contributed by atoms with E-state index in [4.69, 9.17) is 17.0 Å². The van der Waals surface area contributed by atoms with Crippen molar-refractivity contribution in [3.05, 3.63) is 64.6 Å². The first-order valence-electron chi connectivity index (χ1n) is 9.51. The van der Waals surface area contributed by atoms with Gasteiger partial charge in [-0.25, -0.2) is 0 Å². The normalized spacial score (nSPS) is 15.6. The molecule has 1 saturated heterocycles. The quantitative estimate of drug-likeness (QED) is 0.447. The van der Waals surface area contributed by atoms with Gasteiger partial charge in [0, 0.05) is 11.7 Å². The van der Waals surface area contributed by atoms with Gasteiger partial charge in [0.2, 0.25) is 0 Å². The van der Waals surface area contributed by atoms with Crippen molar-refractivity contribution in [2.75, 3.05) is 11.9 Å². The number of amides is 2. The fourth-order valence-corrected chi connectivity index (χ4v) is 4.38. The molecule has 32 heavy (non-hydrogen) atoms. The van der Waals surface area contributed by atoms with Crippen LogP contribution >= 0.6 is 24.0 Å². The summed E-state index contributed by atoms with van der Waals surface area (Å²) < 4.78 is 44.2. The Morgan fingerprint density at radius 2 is 1.91 bits per heavy atom. The number of rotatable bonds is 6. The van der Waals surface area contributed by atoms with E-state index in [1.807, 2.05) is 13.8 Å². The van der Waals surface area contributed by atoms with Crippen LogP contribution in [-0.2, 0) is 15.8 Å². The van der Waals surface area contributed by atoms with Crippen molar-refractivity contribution in [2.24, 2.45) is 0 Å². The minimum atomic E-state index is -4.49. The Labute approximate surface area is 192 Å². The molecule has 2 aromatic carbocycles. The lowest BCUT2D eigenvalue weighted by Crippen LogP contribution is -2.34. The molecule has 0 aromatic heterocycles. The second-order valence-electron chi connectivity index (χ2n) is 7.13. The average molecular weight is 481 g/mol. The third kappa shape index (κ3) is 5.89. The topological polar surface area (TPSA) is 58.6 Å². The highest BCUT2D eigenvalue weighted by molar-refractivity contribution is 8.26. The van der Waals surface area contributed by atoms with Crippen molar-refractivity contribution < 1.29 is 27.5 Å². The van der Waals surface area contributed by atoms with Gasteiger partial charge in [-0.3, -0.25) is 14.5 Å². The van der Waals surface area contributed by atoms with Crippen LogP contribution in [0.25, 0.3) is 6.08 Å². The highest BCUT2D eigenvalue weighted by Gasteiger charge is 2.33.